The fourth-order valence-electron chi connectivity index (χ4n) is 5.26. The Bertz CT molecular complexity index is 1910. The van der Waals surface area contributed by atoms with E-state index >= 15 is 0 Å². The molecule has 1 unspecified atom stereocenters. The van der Waals surface area contributed by atoms with Crippen molar-refractivity contribution in [3.05, 3.63) is 100 Å². The van der Waals surface area contributed by atoms with Gasteiger partial charge in [0.25, 0.3) is 0 Å². The molecule has 0 aliphatic heterocycles. The Hall–Kier alpha value is -4.91. The molecule has 0 aliphatic carbocycles. The molecule has 0 saturated heterocycles. The summed E-state index contributed by atoms with van der Waals surface area (Å²) in [5.74, 6) is 1.53. The fraction of sp³-hybridized carbons (Fsp3) is 0.314. The topological polar surface area (TPSA) is 95.6 Å². The van der Waals surface area contributed by atoms with Crippen LogP contribution in [0.1, 0.15) is 49.9 Å². The van der Waals surface area contributed by atoms with Crippen LogP contribution in [-0.4, -0.2) is 45.4 Å². The number of amides is 2. The quantitative estimate of drug-likeness (QED) is 0.153. The van der Waals surface area contributed by atoms with Gasteiger partial charge in [0, 0.05) is 23.2 Å². The minimum Gasteiger partial charge on any atom is -0.497 e. The van der Waals surface area contributed by atoms with Gasteiger partial charge in [-0.25, -0.2) is 14.5 Å². The van der Waals surface area contributed by atoms with Gasteiger partial charge in [0.05, 0.1) is 18.5 Å². The molecule has 0 fully saturated rings. The molecule has 2 heterocycles. The lowest BCUT2D eigenvalue weighted by atomic mass is 9.97. The SMILES string of the molecule is COc1ccc(-n2c(C)cs/c2=N\C(=O)NCCC(C)Cc2ccc(-c3ncn(-c4ccc(OC(F)(F)F)cc4)n3)cc2)c(C(C)C)c1. The predicted molar refractivity (Wildman–Crippen MR) is 179 cm³/mol. The van der Waals surface area contributed by atoms with Crippen molar-refractivity contribution in [3.63, 3.8) is 0 Å². The second-order valence-corrected chi connectivity index (χ2v) is 12.6. The molecule has 1 N–H and O–H groups in total. The first kappa shape index (κ1) is 34.4. The van der Waals surface area contributed by atoms with Gasteiger partial charge in [0.2, 0.25) is 0 Å². The number of rotatable bonds is 11. The third-order valence-electron chi connectivity index (χ3n) is 7.71. The predicted octanol–water partition coefficient (Wildman–Crippen LogP) is 8.00. The zero-order chi connectivity index (χ0) is 34.4. The molecular weight excluding hydrogens is 641 g/mol. The molecule has 0 aliphatic rings. The largest absolute Gasteiger partial charge is 0.573 e. The molecule has 13 heteroatoms. The van der Waals surface area contributed by atoms with E-state index in [1.54, 1.807) is 7.11 Å². The first-order valence-corrected chi connectivity index (χ1v) is 16.3. The van der Waals surface area contributed by atoms with Gasteiger partial charge in [-0.05, 0) is 85.2 Å². The number of halogens is 3. The van der Waals surface area contributed by atoms with E-state index in [9.17, 15) is 18.0 Å². The van der Waals surface area contributed by atoms with Crippen molar-refractivity contribution in [2.24, 2.45) is 10.9 Å². The first-order chi connectivity index (χ1) is 22.9. The minimum absolute atomic E-state index is 0.251. The van der Waals surface area contributed by atoms with E-state index in [-0.39, 0.29) is 17.7 Å². The number of nitrogens with one attached hydrogen (secondary N) is 1. The standard InChI is InChI=1S/C35H37F3N6O3S/c1-22(2)30-19-29(46-5)14-15-31(30)44-24(4)20-48-34(44)41-33(45)39-17-16-23(3)18-25-6-8-26(9-7-25)32-40-21-43(42-32)27-10-12-28(13-11-27)47-35(36,37)38/h6-15,19-23H,16-18H2,1-5H3,(H,39,45)/b41-34-. The molecule has 0 spiro atoms. The van der Waals surface area contributed by atoms with E-state index in [0.29, 0.717) is 28.8 Å². The van der Waals surface area contributed by atoms with Gasteiger partial charge < -0.3 is 14.8 Å². The second-order valence-electron chi connectivity index (χ2n) is 11.8. The van der Waals surface area contributed by atoms with E-state index in [0.717, 1.165) is 46.7 Å². The lowest BCUT2D eigenvalue weighted by Crippen LogP contribution is -2.26. The van der Waals surface area contributed by atoms with Gasteiger partial charge in [-0.2, -0.15) is 4.99 Å². The van der Waals surface area contributed by atoms with E-state index in [4.69, 9.17) is 4.74 Å². The number of methoxy groups -OCH3 is 1. The number of hydrogen-bond acceptors (Lipinski definition) is 6. The summed E-state index contributed by atoms with van der Waals surface area (Å²) >= 11 is 1.43. The highest BCUT2D eigenvalue weighted by Gasteiger charge is 2.31. The summed E-state index contributed by atoms with van der Waals surface area (Å²) in [7, 11) is 1.65. The summed E-state index contributed by atoms with van der Waals surface area (Å²) in [5, 5.41) is 9.40. The van der Waals surface area contributed by atoms with Crippen LogP contribution in [0.25, 0.3) is 22.8 Å². The molecule has 48 heavy (non-hydrogen) atoms. The maximum atomic E-state index is 12.8. The zero-order valence-corrected chi connectivity index (χ0v) is 28.1. The number of benzene rings is 3. The third-order valence-corrected chi connectivity index (χ3v) is 8.65. The lowest BCUT2D eigenvalue weighted by molar-refractivity contribution is -0.274. The maximum absolute atomic E-state index is 12.8. The highest BCUT2D eigenvalue weighted by Crippen LogP contribution is 2.28. The van der Waals surface area contributed by atoms with Crippen LogP contribution >= 0.6 is 11.3 Å². The summed E-state index contributed by atoms with van der Waals surface area (Å²) in [5.41, 5.74) is 5.58. The summed E-state index contributed by atoms with van der Waals surface area (Å²) < 4.78 is 50.2. The Kier molecular flexibility index (Phi) is 10.7. The molecule has 2 aromatic heterocycles. The lowest BCUT2D eigenvalue weighted by Gasteiger charge is -2.16. The number of urea groups is 1. The van der Waals surface area contributed by atoms with Gasteiger partial charge in [0.15, 0.2) is 10.6 Å². The normalized spacial score (nSPS) is 12.7. The van der Waals surface area contributed by atoms with E-state index in [1.165, 1.54) is 46.6 Å². The summed E-state index contributed by atoms with van der Waals surface area (Å²) in [6.07, 6.45) is -1.64. The van der Waals surface area contributed by atoms with Crippen LogP contribution in [0.3, 0.4) is 0 Å². The number of thiazole rings is 1. The van der Waals surface area contributed by atoms with Crippen molar-refractivity contribution in [1.29, 1.82) is 0 Å². The Balaban J connectivity index is 1.15. The van der Waals surface area contributed by atoms with Crippen molar-refractivity contribution in [2.45, 2.75) is 52.8 Å². The second kappa shape index (κ2) is 14.9. The molecule has 5 aromatic rings. The van der Waals surface area contributed by atoms with Crippen molar-refractivity contribution >= 4 is 17.4 Å². The number of aromatic nitrogens is 4. The van der Waals surface area contributed by atoms with Gasteiger partial charge in [-0.1, -0.05) is 45.0 Å². The Morgan fingerprint density at radius 2 is 1.73 bits per heavy atom. The van der Waals surface area contributed by atoms with Crippen molar-refractivity contribution < 1.29 is 27.4 Å². The Labute approximate surface area is 280 Å². The summed E-state index contributed by atoms with van der Waals surface area (Å²) in [4.78, 5) is 22.2. The number of nitrogens with zero attached hydrogens (tertiary/aromatic N) is 5. The monoisotopic (exact) mass is 678 g/mol. The van der Waals surface area contributed by atoms with Crippen molar-refractivity contribution in [1.82, 2.24) is 24.6 Å². The number of ether oxygens (including phenoxy) is 2. The van der Waals surface area contributed by atoms with Crippen LogP contribution in [0.15, 0.2) is 83.4 Å². The summed E-state index contributed by atoms with van der Waals surface area (Å²) in [6, 6.07) is 18.9. The number of carbonyl (C=O) groups excluding carboxylic acids is 1. The highest BCUT2D eigenvalue weighted by molar-refractivity contribution is 7.07. The van der Waals surface area contributed by atoms with Crippen molar-refractivity contribution in [3.8, 4) is 34.3 Å². The molecule has 3 aromatic carbocycles. The van der Waals surface area contributed by atoms with Crippen LogP contribution in [0.5, 0.6) is 11.5 Å². The molecule has 0 radical (unpaired) electrons. The molecule has 0 bridgehead atoms. The van der Waals surface area contributed by atoms with E-state index < -0.39 is 6.36 Å². The average molecular weight is 679 g/mol. The van der Waals surface area contributed by atoms with E-state index in [2.05, 4.69) is 45.9 Å². The van der Waals surface area contributed by atoms with Crippen LogP contribution in [0.2, 0.25) is 0 Å². The van der Waals surface area contributed by atoms with Gasteiger partial charge >= 0.3 is 12.4 Å². The number of hydrogen-bond donors (Lipinski definition) is 1. The molecule has 2 amide bonds. The van der Waals surface area contributed by atoms with Crippen LogP contribution < -0.4 is 19.6 Å². The first-order valence-electron chi connectivity index (χ1n) is 15.5. The fourth-order valence-corrected chi connectivity index (χ4v) is 6.12. The minimum atomic E-state index is -4.75. The Morgan fingerprint density at radius 3 is 2.40 bits per heavy atom. The number of alkyl halides is 3. The average Bonchev–Trinajstić information content (AvgIpc) is 3.67. The van der Waals surface area contributed by atoms with Crippen LogP contribution in [0, 0.1) is 12.8 Å². The summed E-state index contributed by atoms with van der Waals surface area (Å²) in [6.45, 7) is 8.89. The van der Waals surface area contributed by atoms with Crippen molar-refractivity contribution in [2.75, 3.05) is 13.7 Å². The molecule has 1 atom stereocenters. The van der Waals surface area contributed by atoms with Crippen LogP contribution in [-0.2, 0) is 6.42 Å². The molecule has 9 nitrogen and oxygen atoms in total. The van der Waals surface area contributed by atoms with Gasteiger partial charge in [-0.3, -0.25) is 4.57 Å². The smallest absolute Gasteiger partial charge is 0.497 e. The Morgan fingerprint density at radius 1 is 1.02 bits per heavy atom. The molecule has 252 valence electrons. The van der Waals surface area contributed by atoms with Gasteiger partial charge in [-0.15, -0.1) is 29.6 Å². The number of carbonyl (C=O) groups is 1. The molecule has 5 rings (SSSR count). The third kappa shape index (κ3) is 8.71. The zero-order valence-electron chi connectivity index (χ0n) is 27.3. The molecular formula is C35H37F3N6O3S. The van der Waals surface area contributed by atoms with Crippen LogP contribution in [0.4, 0.5) is 18.0 Å². The maximum Gasteiger partial charge on any atom is 0.573 e. The highest BCUT2D eigenvalue weighted by atomic mass is 32.1. The molecule has 0 saturated carbocycles. The van der Waals surface area contributed by atoms with Gasteiger partial charge in [0.1, 0.15) is 17.8 Å². The van der Waals surface area contributed by atoms with E-state index in [1.807, 2.05) is 59.3 Å². The number of aryl methyl sites for hydroxylation is 1.